The third-order valence-corrected chi connectivity index (χ3v) is 3.43. The topological polar surface area (TPSA) is 45.5 Å². The predicted octanol–water partition coefficient (Wildman–Crippen LogP) is 2.75. The molecule has 0 aliphatic carbocycles. The molecule has 102 valence electrons. The lowest BCUT2D eigenvalue weighted by atomic mass is 10.1. The molecule has 0 radical (unpaired) electrons. The maximum Gasteiger partial charge on any atom is 0.161 e. The Hall–Kier alpha value is -1.73. The highest BCUT2D eigenvalue weighted by Gasteiger charge is 2.24. The van der Waals surface area contributed by atoms with Gasteiger partial charge in [0, 0.05) is 0 Å². The van der Waals surface area contributed by atoms with Gasteiger partial charge in [-0.05, 0) is 50.6 Å². The Morgan fingerprint density at radius 2 is 2.05 bits per heavy atom. The van der Waals surface area contributed by atoms with Crippen molar-refractivity contribution in [3.63, 3.8) is 0 Å². The van der Waals surface area contributed by atoms with Crippen molar-refractivity contribution >= 4 is 0 Å². The summed E-state index contributed by atoms with van der Waals surface area (Å²) in [5.41, 5.74) is 0.977. The van der Waals surface area contributed by atoms with Crippen LogP contribution in [0, 0.1) is 11.3 Å². The van der Waals surface area contributed by atoms with Crippen molar-refractivity contribution in [2.45, 2.75) is 25.8 Å². The fourth-order valence-corrected chi connectivity index (χ4v) is 2.50. The van der Waals surface area contributed by atoms with Gasteiger partial charge >= 0.3 is 0 Å². The second-order valence-corrected chi connectivity index (χ2v) is 4.62. The summed E-state index contributed by atoms with van der Waals surface area (Å²) in [5, 5.41) is 9.41. The average Bonchev–Trinajstić information content (AvgIpc) is 2.95. The predicted molar refractivity (Wildman–Crippen MR) is 73.3 cm³/mol. The maximum atomic E-state index is 9.41. The number of likely N-dealkylation sites (tertiary alicyclic amines) is 1. The first-order chi connectivity index (χ1) is 9.30. The molecular weight excluding hydrogens is 240 g/mol. The van der Waals surface area contributed by atoms with Crippen LogP contribution < -0.4 is 9.47 Å². The summed E-state index contributed by atoms with van der Waals surface area (Å²) in [4.78, 5) is 2.22. The van der Waals surface area contributed by atoms with E-state index in [1.54, 1.807) is 7.11 Å². The summed E-state index contributed by atoms with van der Waals surface area (Å²) in [7, 11) is 1.62. The molecule has 2 rings (SSSR count). The van der Waals surface area contributed by atoms with E-state index in [2.05, 4.69) is 11.0 Å². The first-order valence-electron chi connectivity index (χ1n) is 6.74. The average molecular weight is 260 g/mol. The number of nitriles is 1. The van der Waals surface area contributed by atoms with Gasteiger partial charge in [-0.2, -0.15) is 5.26 Å². The number of nitrogens with zero attached hydrogens (tertiary/aromatic N) is 2. The molecule has 4 nitrogen and oxygen atoms in total. The van der Waals surface area contributed by atoms with Crippen molar-refractivity contribution in [3.05, 3.63) is 23.8 Å². The zero-order valence-corrected chi connectivity index (χ0v) is 11.6. The quantitative estimate of drug-likeness (QED) is 0.816. The Morgan fingerprint density at radius 1 is 1.32 bits per heavy atom. The molecule has 0 saturated carbocycles. The van der Waals surface area contributed by atoms with Gasteiger partial charge in [-0.3, -0.25) is 4.90 Å². The Labute approximate surface area is 114 Å². The number of hydrogen-bond donors (Lipinski definition) is 0. The van der Waals surface area contributed by atoms with Gasteiger partial charge in [-0.1, -0.05) is 6.07 Å². The van der Waals surface area contributed by atoms with Crippen LogP contribution in [0.25, 0.3) is 0 Å². The Bertz CT molecular complexity index is 462. The molecule has 1 aliphatic rings. The summed E-state index contributed by atoms with van der Waals surface area (Å²) < 4.78 is 10.8. The standard InChI is InChI=1S/C15H20N2O2/c1-3-19-14-7-6-12(10-15(14)18-2)13(11-16)17-8-4-5-9-17/h6-7,10,13H,3-5,8-9H2,1-2H3. The SMILES string of the molecule is CCOc1ccc(C(C#N)N2CCCC2)cc1OC. The molecule has 1 aromatic rings. The van der Waals surface area contributed by atoms with Crippen molar-refractivity contribution in [2.24, 2.45) is 0 Å². The lowest BCUT2D eigenvalue weighted by Gasteiger charge is -2.22. The Morgan fingerprint density at radius 3 is 2.63 bits per heavy atom. The zero-order valence-electron chi connectivity index (χ0n) is 11.6. The van der Waals surface area contributed by atoms with Gasteiger partial charge in [0.15, 0.2) is 11.5 Å². The fraction of sp³-hybridized carbons (Fsp3) is 0.533. The molecular formula is C15H20N2O2. The molecule has 1 atom stereocenters. The number of ether oxygens (including phenoxy) is 2. The second-order valence-electron chi connectivity index (χ2n) is 4.62. The van der Waals surface area contributed by atoms with E-state index in [1.165, 1.54) is 12.8 Å². The normalized spacial score (nSPS) is 16.9. The van der Waals surface area contributed by atoms with Crippen LogP contribution in [0.5, 0.6) is 11.5 Å². The molecule has 0 N–H and O–H groups in total. The van der Waals surface area contributed by atoms with E-state index >= 15 is 0 Å². The molecule has 0 aromatic heterocycles. The third kappa shape index (κ3) is 2.99. The van der Waals surface area contributed by atoms with Crippen LogP contribution in [-0.2, 0) is 0 Å². The lowest BCUT2D eigenvalue weighted by Crippen LogP contribution is -2.24. The molecule has 0 bridgehead atoms. The monoisotopic (exact) mass is 260 g/mol. The minimum Gasteiger partial charge on any atom is -0.493 e. The van der Waals surface area contributed by atoms with Gasteiger partial charge in [0.2, 0.25) is 0 Å². The van der Waals surface area contributed by atoms with E-state index in [4.69, 9.17) is 9.47 Å². The molecule has 1 aromatic carbocycles. The van der Waals surface area contributed by atoms with E-state index in [0.717, 1.165) is 24.4 Å². The van der Waals surface area contributed by atoms with Gasteiger partial charge in [0.05, 0.1) is 19.8 Å². The summed E-state index contributed by atoms with van der Waals surface area (Å²) in [5.74, 6) is 1.42. The number of benzene rings is 1. The van der Waals surface area contributed by atoms with Crippen LogP contribution in [0.4, 0.5) is 0 Å². The van der Waals surface area contributed by atoms with Crippen LogP contribution in [0.2, 0.25) is 0 Å². The minimum atomic E-state index is -0.188. The van der Waals surface area contributed by atoms with Gasteiger partial charge in [-0.25, -0.2) is 0 Å². The summed E-state index contributed by atoms with van der Waals surface area (Å²) in [6, 6.07) is 7.96. The van der Waals surface area contributed by atoms with Crippen LogP contribution in [0.1, 0.15) is 31.4 Å². The first-order valence-corrected chi connectivity index (χ1v) is 6.74. The third-order valence-electron chi connectivity index (χ3n) is 3.43. The van der Waals surface area contributed by atoms with Crippen molar-refractivity contribution < 1.29 is 9.47 Å². The van der Waals surface area contributed by atoms with Gasteiger partial charge in [0.1, 0.15) is 6.04 Å². The lowest BCUT2D eigenvalue weighted by molar-refractivity contribution is 0.290. The molecule has 19 heavy (non-hydrogen) atoms. The highest BCUT2D eigenvalue weighted by molar-refractivity contribution is 5.44. The smallest absolute Gasteiger partial charge is 0.161 e. The second kappa shape index (κ2) is 6.44. The largest absolute Gasteiger partial charge is 0.493 e. The van der Waals surface area contributed by atoms with Gasteiger partial charge in [0.25, 0.3) is 0 Å². The van der Waals surface area contributed by atoms with E-state index in [1.807, 2.05) is 25.1 Å². The highest BCUT2D eigenvalue weighted by Crippen LogP contribution is 2.33. The number of hydrogen-bond acceptors (Lipinski definition) is 4. The highest BCUT2D eigenvalue weighted by atomic mass is 16.5. The molecule has 1 heterocycles. The van der Waals surface area contributed by atoms with Crippen molar-refractivity contribution in [1.29, 1.82) is 5.26 Å². The molecule has 1 saturated heterocycles. The van der Waals surface area contributed by atoms with E-state index in [-0.39, 0.29) is 6.04 Å². The number of methoxy groups -OCH3 is 1. The van der Waals surface area contributed by atoms with E-state index < -0.39 is 0 Å². The molecule has 1 unspecified atom stereocenters. The summed E-state index contributed by atoms with van der Waals surface area (Å²) >= 11 is 0. The van der Waals surface area contributed by atoms with Gasteiger partial charge in [-0.15, -0.1) is 0 Å². The molecule has 1 aliphatic heterocycles. The fourth-order valence-electron chi connectivity index (χ4n) is 2.50. The summed E-state index contributed by atoms with van der Waals surface area (Å²) in [6.45, 7) is 4.53. The van der Waals surface area contributed by atoms with Crippen molar-refractivity contribution in [1.82, 2.24) is 4.90 Å². The van der Waals surface area contributed by atoms with E-state index in [0.29, 0.717) is 12.4 Å². The van der Waals surface area contributed by atoms with E-state index in [9.17, 15) is 5.26 Å². The van der Waals surface area contributed by atoms with Crippen molar-refractivity contribution in [2.75, 3.05) is 26.8 Å². The molecule has 1 fully saturated rings. The maximum absolute atomic E-state index is 9.41. The van der Waals surface area contributed by atoms with Crippen LogP contribution in [0.15, 0.2) is 18.2 Å². The van der Waals surface area contributed by atoms with Crippen LogP contribution >= 0.6 is 0 Å². The summed E-state index contributed by atoms with van der Waals surface area (Å²) in [6.07, 6.45) is 2.35. The molecule has 0 amide bonds. The Balaban J connectivity index is 2.25. The van der Waals surface area contributed by atoms with Crippen LogP contribution in [-0.4, -0.2) is 31.7 Å². The first kappa shape index (κ1) is 13.7. The van der Waals surface area contributed by atoms with Gasteiger partial charge < -0.3 is 9.47 Å². The number of rotatable bonds is 5. The van der Waals surface area contributed by atoms with Crippen molar-refractivity contribution in [3.8, 4) is 17.6 Å². The zero-order chi connectivity index (χ0) is 13.7. The molecule has 4 heteroatoms. The molecule has 0 spiro atoms. The Kier molecular flexibility index (Phi) is 4.64. The van der Waals surface area contributed by atoms with Crippen LogP contribution in [0.3, 0.4) is 0 Å². The minimum absolute atomic E-state index is 0.188.